The lowest BCUT2D eigenvalue weighted by Crippen LogP contribution is -2.15. The fourth-order valence-electron chi connectivity index (χ4n) is 0.726. The first-order chi connectivity index (χ1) is 5.57. The third-order valence-corrected chi connectivity index (χ3v) is 1.32. The van der Waals surface area contributed by atoms with Gasteiger partial charge in [0.15, 0.2) is 0 Å². The summed E-state index contributed by atoms with van der Waals surface area (Å²) in [6, 6.07) is 0. The number of carbonyl (C=O) groups is 2. The van der Waals surface area contributed by atoms with Crippen LogP contribution in [0.1, 0.15) is 19.8 Å². The number of allylic oxidation sites excluding steroid dienone is 1. The fourth-order valence-corrected chi connectivity index (χ4v) is 0.726. The summed E-state index contributed by atoms with van der Waals surface area (Å²) >= 11 is 0. The zero-order valence-corrected chi connectivity index (χ0v) is 7.43. The zero-order chi connectivity index (χ0) is 9.56. The molecule has 0 spiro atoms. The van der Waals surface area contributed by atoms with Crippen LogP contribution in [0.2, 0.25) is 0 Å². The van der Waals surface area contributed by atoms with Crippen molar-refractivity contribution in [3.8, 4) is 0 Å². The maximum atomic E-state index is 10.4. The zero-order valence-electron chi connectivity index (χ0n) is 7.43. The van der Waals surface area contributed by atoms with Crippen molar-refractivity contribution in [2.75, 3.05) is 0 Å². The Bertz CT molecular complexity index is 200. The lowest BCUT2D eigenvalue weighted by molar-refractivity contribution is -0.146. The molecule has 1 atom stereocenters. The summed E-state index contributed by atoms with van der Waals surface area (Å²) in [6.45, 7) is 1.86. The molecule has 0 aliphatic rings. The van der Waals surface area contributed by atoms with Gasteiger partial charge in [-0.25, -0.2) is 0 Å². The monoisotopic (exact) mass is 183 g/mol. The van der Waals surface area contributed by atoms with Crippen LogP contribution in [0.3, 0.4) is 0 Å². The number of carboxylic acids is 2. The van der Waals surface area contributed by atoms with Gasteiger partial charge in [0.1, 0.15) is 0 Å². The van der Waals surface area contributed by atoms with Crippen molar-refractivity contribution in [3.05, 3.63) is 12.2 Å². The molecule has 0 saturated carbocycles. The summed E-state index contributed by atoms with van der Waals surface area (Å²) in [5.74, 6) is -3.09. The second-order valence-electron chi connectivity index (χ2n) is 2.38. The molecule has 5 heteroatoms. The Hall–Kier alpha value is -1.26. The van der Waals surface area contributed by atoms with Crippen LogP contribution in [0, 0.1) is 5.92 Å². The van der Waals surface area contributed by atoms with E-state index in [4.69, 9.17) is 10.2 Å². The number of hydrogen-bond donors (Lipinski definition) is 2. The average Bonchev–Trinajstić information content (AvgIpc) is 1.96. The van der Waals surface area contributed by atoms with Gasteiger partial charge in [-0.15, -0.1) is 0 Å². The van der Waals surface area contributed by atoms with Gasteiger partial charge in [0.25, 0.3) is 0 Å². The standard InChI is InChI=1S/C8H12O4.B/c1-2-3-4-6(8(11)12)5-7(9)10;/h3-4,6H,2,5H2,1H3,(H,9,10)(H,11,12);. The molecule has 0 aliphatic heterocycles. The molecule has 0 amide bonds. The molecule has 13 heavy (non-hydrogen) atoms. The minimum absolute atomic E-state index is 0. The molecule has 2 N–H and O–H groups in total. The topological polar surface area (TPSA) is 74.6 Å². The second kappa shape index (κ2) is 7.40. The highest BCUT2D eigenvalue weighted by molar-refractivity contribution is 5.79. The van der Waals surface area contributed by atoms with Gasteiger partial charge in [-0.05, 0) is 6.42 Å². The molecule has 0 rings (SSSR count). The average molecular weight is 183 g/mol. The predicted octanol–water partition coefficient (Wildman–Crippen LogP) is 0.747. The second-order valence-corrected chi connectivity index (χ2v) is 2.38. The van der Waals surface area contributed by atoms with E-state index in [0.29, 0.717) is 6.42 Å². The lowest BCUT2D eigenvalue weighted by atomic mass is 10.1. The lowest BCUT2D eigenvalue weighted by Gasteiger charge is -2.02. The van der Waals surface area contributed by atoms with Gasteiger partial charge < -0.3 is 10.2 Å². The molecule has 71 valence electrons. The molecule has 1 unspecified atom stereocenters. The minimum Gasteiger partial charge on any atom is -0.481 e. The van der Waals surface area contributed by atoms with Crippen molar-refractivity contribution < 1.29 is 19.8 Å². The molecule has 0 aromatic rings. The Balaban J connectivity index is 0. The van der Waals surface area contributed by atoms with Gasteiger partial charge in [-0.3, -0.25) is 9.59 Å². The van der Waals surface area contributed by atoms with E-state index >= 15 is 0 Å². The van der Waals surface area contributed by atoms with Crippen molar-refractivity contribution >= 4 is 20.4 Å². The highest BCUT2D eigenvalue weighted by Gasteiger charge is 2.16. The van der Waals surface area contributed by atoms with Gasteiger partial charge >= 0.3 is 11.9 Å². The van der Waals surface area contributed by atoms with Gasteiger partial charge in [0.05, 0.1) is 12.3 Å². The molecule has 0 fully saturated rings. The molecule has 0 bridgehead atoms. The first-order valence-electron chi connectivity index (χ1n) is 3.69. The minimum atomic E-state index is -1.10. The van der Waals surface area contributed by atoms with Crippen LogP contribution in [-0.2, 0) is 9.59 Å². The van der Waals surface area contributed by atoms with E-state index in [-0.39, 0.29) is 14.8 Å². The van der Waals surface area contributed by atoms with Crippen LogP contribution in [0.5, 0.6) is 0 Å². The van der Waals surface area contributed by atoms with E-state index < -0.39 is 17.9 Å². The van der Waals surface area contributed by atoms with E-state index in [2.05, 4.69) is 0 Å². The first-order valence-corrected chi connectivity index (χ1v) is 3.69. The Morgan fingerprint density at radius 1 is 1.38 bits per heavy atom. The number of aliphatic carboxylic acids is 2. The van der Waals surface area contributed by atoms with Crippen LogP contribution >= 0.6 is 0 Å². The van der Waals surface area contributed by atoms with Gasteiger partial charge in [0.2, 0.25) is 0 Å². The van der Waals surface area contributed by atoms with Crippen LogP contribution in [0.4, 0.5) is 0 Å². The quantitative estimate of drug-likeness (QED) is 0.487. The molecule has 0 saturated heterocycles. The third-order valence-electron chi connectivity index (χ3n) is 1.32. The summed E-state index contributed by atoms with van der Waals surface area (Å²) in [5, 5.41) is 16.9. The normalized spacial score (nSPS) is 12.1. The fraction of sp³-hybridized carbons (Fsp3) is 0.500. The van der Waals surface area contributed by atoms with Crippen LogP contribution in [0.25, 0.3) is 0 Å². The summed E-state index contributed by atoms with van der Waals surface area (Å²) in [5.41, 5.74) is 0. The smallest absolute Gasteiger partial charge is 0.310 e. The Labute approximate surface area is 78.8 Å². The van der Waals surface area contributed by atoms with Crippen molar-refractivity contribution in [2.24, 2.45) is 5.92 Å². The number of hydrogen-bond acceptors (Lipinski definition) is 2. The van der Waals surface area contributed by atoms with Gasteiger partial charge in [-0.2, -0.15) is 0 Å². The third kappa shape index (κ3) is 7.12. The number of carboxylic acid groups (broad SMARTS) is 2. The molecule has 0 aromatic heterocycles. The highest BCUT2D eigenvalue weighted by Crippen LogP contribution is 2.05. The van der Waals surface area contributed by atoms with Crippen LogP contribution in [0.15, 0.2) is 12.2 Å². The summed E-state index contributed by atoms with van der Waals surface area (Å²) < 4.78 is 0. The molecule has 0 aromatic carbocycles. The first kappa shape index (κ1) is 14.3. The van der Waals surface area contributed by atoms with Crippen molar-refractivity contribution in [2.45, 2.75) is 19.8 Å². The molecular formula is C8H12BO4. The molecule has 0 heterocycles. The maximum absolute atomic E-state index is 10.4. The Morgan fingerprint density at radius 3 is 2.23 bits per heavy atom. The predicted molar refractivity (Wildman–Crippen MR) is 48.6 cm³/mol. The highest BCUT2D eigenvalue weighted by atomic mass is 16.4. The van der Waals surface area contributed by atoms with E-state index in [9.17, 15) is 9.59 Å². The summed E-state index contributed by atoms with van der Waals surface area (Å²) in [4.78, 5) is 20.6. The summed E-state index contributed by atoms with van der Waals surface area (Å²) in [6.07, 6.45) is 3.42. The largest absolute Gasteiger partial charge is 0.481 e. The van der Waals surface area contributed by atoms with Crippen LogP contribution in [-0.4, -0.2) is 30.6 Å². The molecular weight excluding hydrogens is 171 g/mol. The van der Waals surface area contributed by atoms with E-state index in [1.807, 2.05) is 6.92 Å². The van der Waals surface area contributed by atoms with E-state index in [1.54, 1.807) is 6.08 Å². The molecule has 4 nitrogen and oxygen atoms in total. The Kier molecular flexibility index (Phi) is 8.12. The SMILES string of the molecule is CCC=CC(CC(=O)O)C(=O)O.[B]. The van der Waals surface area contributed by atoms with Crippen molar-refractivity contribution in [1.29, 1.82) is 0 Å². The van der Waals surface area contributed by atoms with Gasteiger partial charge in [-0.1, -0.05) is 19.1 Å². The maximum Gasteiger partial charge on any atom is 0.310 e. The number of rotatable bonds is 5. The van der Waals surface area contributed by atoms with Crippen molar-refractivity contribution in [1.82, 2.24) is 0 Å². The Morgan fingerprint density at radius 2 is 1.92 bits per heavy atom. The molecule has 3 radical (unpaired) electrons. The van der Waals surface area contributed by atoms with Gasteiger partial charge in [0, 0.05) is 8.41 Å². The van der Waals surface area contributed by atoms with E-state index in [0.717, 1.165) is 0 Å². The molecule has 0 aliphatic carbocycles. The van der Waals surface area contributed by atoms with Crippen molar-refractivity contribution in [3.63, 3.8) is 0 Å². The van der Waals surface area contributed by atoms with E-state index in [1.165, 1.54) is 6.08 Å². The van der Waals surface area contributed by atoms with Crippen LogP contribution < -0.4 is 0 Å². The summed E-state index contributed by atoms with van der Waals surface area (Å²) in [7, 11) is 0.